The molecule has 1 fully saturated rings. The molecule has 1 aliphatic rings. The molecule has 40 heavy (non-hydrogen) atoms. The third-order valence-electron chi connectivity index (χ3n) is 6.88. The highest BCUT2D eigenvalue weighted by Gasteiger charge is 2.29. The number of carbonyl (C=O) groups excluding carboxylic acids is 1. The van der Waals surface area contributed by atoms with Crippen LogP contribution in [0, 0.1) is 0 Å². The largest absolute Gasteiger partial charge is 0.457 e. The van der Waals surface area contributed by atoms with Crippen LogP contribution in [0.25, 0.3) is 0 Å². The van der Waals surface area contributed by atoms with Crippen molar-refractivity contribution in [3.63, 3.8) is 0 Å². The first-order valence-corrected chi connectivity index (χ1v) is 15.5. The van der Waals surface area contributed by atoms with Crippen LogP contribution in [0.15, 0.2) is 78.9 Å². The van der Waals surface area contributed by atoms with Gasteiger partial charge < -0.3 is 15.0 Å². The lowest BCUT2D eigenvalue weighted by Gasteiger charge is -2.38. The normalized spacial score (nSPS) is 14.9. The maximum absolute atomic E-state index is 13.2. The Morgan fingerprint density at radius 3 is 2.02 bits per heavy atom. The van der Waals surface area contributed by atoms with Crippen molar-refractivity contribution in [3.05, 3.63) is 90.0 Å². The van der Waals surface area contributed by atoms with Gasteiger partial charge in [0.2, 0.25) is 10.0 Å². The Balaban J connectivity index is 1.24. The Kier molecular flexibility index (Phi) is 9.37. The lowest BCUT2D eigenvalue weighted by Crippen LogP contribution is -2.54. The molecule has 8 nitrogen and oxygen atoms in total. The summed E-state index contributed by atoms with van der Waals surface area (Å²) in [5.41, 5.74) is 2.53. The van der Waals surface area contributed by atoms with Gasteiger partial charge in [0.05, 0.1) is 6.26 Å². The monoisotopic (exact) mass is 564 g/mol. The van der Waals surface area contributed by atoms with Crippen LogP contribution in [0.3, 0.4) is 0 Å². The predicted octanol–water partition coefficient (Wildman–Crippen LogP) is 5.83. The van der Waals surface area contributed by atoms with E-state index in [1.54, 1.807) is 24.3 Å². The second-order valence-electron chi connectivity index (χ2n) is 11.4. The second-order valence-corrected chi connectivity index (χ2v) is 13.1. The smallest absolute Gasteiger partial charge is 0.318 e. The molecule has 0 aliphatic carbocycles. The molecule has 0 saturated carbocycles. The maximum Gasteiger partial charge on any atom is 0.318 e. The minimum atomic E-state index is -3.31. The minimum absolute atomic E-state index is 0.00769. The summed E-state index contributed by atoms with van der Waals surface area (Å²) < 4.78 is 31.1. The van der Waals surface area contributed by atoms with Crippen molar-refractivity contribution in [2.24, 2.45) is 0 Å². The molecular formula is C31H40N4O4S. The van der Waals surface area contributed by atoms with Crippen molar-refractivity contribution in [2.45, 2.75) is 58.3 Å². The molecule has 2 amide bonds. The van der Waals surface area contributed by atoms with Gasteiger partial charge >= 0.3 is 6.03 Å². The number of nitrogens with one attached hydrogen (secondary N) is 2. The molecule has 214 valence electrons. The standard InChI is InChI=1S/C31H40N4O4S/c1-31(2,3)35(23-24-8-6-5-7-9-24)30(36)32-26-18-20-34(21-19-26)22-25-10-14-28(15-11-25)39-29-16-12-27(13-17-29)33-40(4,37)38/h5-17,26,33H,18-23H2,1-4H3,(H,32,36). The van der Waals surface area contributed by atoms with Crippen LogP contribution in [0.1, 0.15) is 44.7 Å². The number of rotatable bonds is 9. The van der Waals surface area contributed by atoms with E-state index in [2.05, 4.69) is 60.0 Å². The van der Waals surface area contributed by atoms with Crippen molar-refractivity contribution in [1.82, 2.24) is 15.1 Å². The highest BCUT2D eigenvalue weighted by molar-refractivity contribution is 7.92. The fraction of sp³-hybridized carbons (Fsp3) is 0.387. The fourth-order valence-electron chi connectivity index (χ4n) is 4.73. The summed E-state index contributed by atoms with van der Waals surface area (Å²) in [6.45, 7) is 9.49. The van der Waals surface area contributed by atoms with Crippen LogP contribution >= 0.6 is 0 Å². The number of hydrogen-bond acceptors (Lipinski definition) is 5. The summed E-state index contributed by atoms with van der Waals surface area (Å²) in [7, 11) is -3.31. The number of sulfonamides is 1. The SMILES string of the molecule is CC(C)(C)N(Cc1ccccc1)C(=O)NC1CCN(Cc2ccc(Oc3ccc(NS(C)(=O)=O)cc3)cc2)CC1. The van der Waals surface area contributed by atoms with Crippen LogP contribution in [0.5, 0.6) is 11.5 Å². The van der Waals surface area contributed by atoms with Crippen LogP contribution < -0.4 is 14.8 Å². The summed E-state index contributed by atoms with van der Waals surface area (Å²) in [6, 6.07) is 25.1. The zero-order valence-corrected chi connectivity index (χ0v) is 24.6. The van der Waals surface area contributed by atoms with Crippen LogP contribution in [-0.4, -0.2) is 55.2 Å². The summed E-state index contributed by atoms with van der Waals surface area (Å²) in [6.07, 6.45) is 2.95. The van der Waals surface area contributed by atoms with Crippen molar-refractivity contribution in [1.29, 1.82) is 0 Å². The topological polar surface area (TPSA) is 91.0 Å². The molecule has 0 atom stereocenters. The van der Waals surface area contributed by atoms with Crippen molar-refractivity contribution in [3.8, 4) is 11.5 Å². The van der Waals surface area contributed by atoms with Gasteiger partial charge in [0.25, 0.3) is 0 Å². The Morgan fingerprint density at radius 2 is 1.48 bits per heavy atom. The van der Waals surface area contributed by atoms with Gasteiger partial charge in [-0.2, -0.15) is 0 Å². The highest BCUT2D eigenvalue weighted by atomic mass is 32.2. The van der Waals surface area contributed by atoms with Crippen LogP contribution in [-0.2, 0) is 23.1 Å². The number of likely N-dealkylation sites (tertiary alicyclic amines) is 1. The van der Waals surface area contributed by atoms with Crippen LogP contribution in [0.2, 0.25) is 0 Å². The number of piperidine rings is 1. The number of benzene rings is 3. The number of hydrogen-bond donors (Lipinski definition) is 2. The summed E-state index contributed by atoms with van der Waals surface area (Å²) in [4.78, 5) is 17.6. The highest BCUT2D eigenvalue weighted by Crippen LogP contribution is 2.25. The molecule has 4 rings (SSSR count). The average Bonchev–Trinajstić information content (AvgIpc) is 2.90. The Bertz CT molecular complexity index is 1350. The lowest BCUT2D eigenvalue weighted by molar-refractivity contribution is 0.128. The number of anilines is 1. The van der Waals surface area contributed by atoms with Crippen LogP contribution in [0.4, 0.5) is 10.5 Å². The Hall–Kier alpha value is -3.56. The molecule has 0 radical (unpaired) electrons. The summed E-state index contributed by atoms with van der Waals surface area (Å²) in [5.74, 6) is 1.35. The molecule has 9 heteroatoms. The Labute approximate surface area is 238 Å². The number of carbonyl (C=O) groups is 1. The molecule has 0 aromatic heterocycles. The summed E-state index contributed by atoms with van der Waals surface area (Å²) in [5, 5.41) is 3.29. The maximum atomic E-state index is 13.2. The molecular weight excluding hydrogens is 524 g/mol. The van der Waals surface area contributed by atoms with Gasteiger partial charge in [0.15, 0.2) is 0 Å². The first-order chi connectivity index (χ1) is 18.9. The molecule has 1 aliphatic heterocycles. The fourth-order valence-corrected chi connectivity index (χ4v) is 5.29. The summed E-state index contributed by atoms with van der Waals surface area (Å²) >= 11 is 0. The van der Waals surface area contributed by atoms with E-state index in [1.165, 1.54) is 5.56 Å². The van der Waals surface area contributed by atoms with E-state index in [0.29, 0.717) is 23.7 Å². The van der Waals surface area contributed by atoms with Gasteiger partial charge in [-0.3, -0.25) is 9.62 Å². The third kappa shape index (κ3) is 8.99. The molecule has 1 heterocycles. The molecule has 0 unspecified atom stereocenters. The van der Waals surface area contributed by atoms with Gasteiger partial charge in [-0.25, -0.2) is 13.2 Å². The zero-order chi connectivity index (χ0) is 28.8. The molecule has 3 aromatic carbocycles. The average molecular weight is 565 g/mol. The molecule has 0 spiro atoms. The number of amides is 2. The van der Waals surface area contributed by atoms with Crippen molar-refractivity contribution < 1.29 is 17.9 Å². The molecule has 1 saturated heterocycles. The van der Waals surface area contributed by atoms with Crippen molar-refractivity contribution >= 4 is 21.7 Å². The van der Waals surface area contributed by atoms with E-state index in [-0.39, 0.29) is 17.6 Å². The number of nitrogens with zero attached hydrogens (tertiary/aromatic N) is 2. The van der Waals surface area contributed by atoms with Crippen molar-refractivity contribution in [2.75, 3.05) is 24.1 Å². The molecule has 0 bridgehead atoms. The van der Waals surface area contributed by atoms with Gasteiger partial charge in [-0.05, 0) is 81.1 Å². The number of urea groups is 1. The Morgan fingerprint density at radius 1 is 0.900 bits per heavy atom. The first-order valence-electron chi connectivity index (χ1n) is 13.6. The molecule has 3 aromatic rings. The van der Waals surface area contributed by atoms with Gasteiger partial charge in [-0.15, -0.1) is 0 Å². The quantitative estimate of drug-likeness (QED) is 0.342. The third-order valence-corrected chi connectivity index (χ3v) is 7.48. The zero-order valence-electron chi connectivity index (χ0n) is 23.8. The predicted molar refractivity (Wildman–Crippen MR) is 160 cm³/mol. The van der Waals surface area contributed by atoms with E-state index in [0.717, 1.165) is 44.3 Å². The van der Waals surface area contributed by atoms with E-state index in [1.807, 2.05) is 35.2 Å². The van der Waals surface area contributed by atoms with E-state index in [9.17, 15) is 13.2 Å². The van der Waals surface area contributed by atoms with Gasteiger partial charge in [-0.1, -0.05) is 42.5 Å². The lowest BCUT2D eigenvalue weighted by atomic mass is 10.0. The minimum Gasteiger partial charge on any atom is -0.457 e. The van der Waals surface area contributed by atoms with E-state index >= 15 is 0 Å². The van der Waals surface area contributed by atoms with E-state index < -0.39 is 10.0 Å². The second kappa shape index (κ2) is 12.7. The van der Waals surface area contributed by atoms with Gasteiger partial charge in [0.1, 0.15) is 11.5 Å². The van der Waals surface area contributed by atoms with E-state index in [4.69, 9.17) is 4.74 Å². The van der Waals surface area contributed by atoms with Gasteiger partial charge in [0, 0.05) is 43.4 Å². The number of ether oxygens (including phenoxy) is 1. The first kappa shape index (κ1) is 29.4. The molecule has 2 N–H and O–H groups in total.